The maximum Gasteiger partial charge on any atom is 0.143 e. The van der Waals surface area contributed by atoms with E-state index >= 15 is 0 Å². The van der Waals surface area contributed by atoms with Gasteiger partial charge < -0.3 is 4.42 Å². The van der Waals surface area contributed by atoms with Crippen molar-refractivity contribution in [1.29, 1.82) is 0 Å². The number of benzene rings is 6. The molecule has 0 N–H and O–H groups in total. The van der Waals surface area contributed by atoms with Crippen molar-refractivity contribution in [3.63, 3.8) is 0 Å². The summed E-state index contributed by atoms with van der Waals surface area (Å²) >= 11 is 0. The first-order valence-corrected chi connectivity index (χ1v) is 13.8. The van der Waals surface area contributed by atoms with Crippen molar-refractivity contribution >= 4 is 33.0 Å². The zero-order chi connectivity index (χ0) is 26.9. The molecular formula is C38H22N2O. The topological polar surface area (TPSA) is 38.9 Å². The van der Waals surface area contributed by atoms with Crippen LogP contribution in [0.3, 0.4) is 0 Å². The molecule has 41 heavy (non-hydrogen) atoms. The first-order valence-electron chi connectivity index (χ1n) is 13.8. The molecule has 9 rings (SSSR count). The first-order chi connectivity index (χ1) is 20.3. The molecule has 0 spiro atoms. The van der Waals surface area contributed by atoms with Crippen molar-refractivity contribution in [2.75, 3.05) is 0 Å². The lowest BCUT2D eigenvalue weighted by molar-refractivity contribution is 0.670. The molecule has 0 atom stereocenters. The summed E-state index contributed by atoms with van der Waals surface area (Å²) in [5, 5.41) is 2.26. The van der Waals surface area contributed by atoms with Crippen LogP contribution in [0.4, 0.5) is 0 Å². The number of hydrogen-bond acceptors (Lipinski definition) is 3. The lowest BCUT2D eigenvalue weighted by Crippen LogP contribution is -1.99. The fraction of sp³-hybridized carbons (Fsp3) is 0. The van der Waals surface area contributed by atoms with Gasteiger partial charge in [-0.15, -0.1) is 0 Å². The summed E-state index contributed by atoms with van der Waals surface area (Å²) in [5.74, 6) is 0. The molecule has 8 aromatic rings. The van der Waals surface area contributed by atoms with E-state index in [1.165, 1.54) is 27.8 Å². The van der Waals surface area contributed by atoms with Gasteiger partial charge in [0.05, 0.1) is 11.0 Å². The highest BCUT2D eigenvalue weighted by Gasteiger charge is 2.25. The SMILES string of the molecule is c1ccc2c(c1)-c1ccccc1-c1ccc3nccnc3c1-c1cc(-c3cccc4c3oc3ccccc34)ccc1-2. The van der Waals surface area contributed by atoms with E-state index in [0.717, 1.165) is 60.8 Å². The van der Waals surface area contributed by atoms with Crippen LogP contribution in [-0.2, 0) is 0 Å². The Morgan fingerprint density at radius 3 is 1.85 bits per heavy atom. The Hall–Kier alpha value is -5.54. The van der Waals surface area contributed by atoms with E-state index in [4.69, 9.17) is 9.40 Å². The molecule has 0 saturated heterocycles. The van der Waals surface area contributed by atoms with Crippen molar-refractivity contribution in [2.45, 2.75) is 0 Å². The predicted molar refractivity (Wildman–Crippen MR) is 168 cm³/mol. The number of hydrogen-bond donors (Lipinski definition) is 0. The van der Waals surface area contributed by atoms with Crippen molar-refractivity contribution in [1.82, 2.24) is 9.97 Å². The molecule has 190 valence electrons. The average molecular weight is 523 g/mol. The highest BCUT2D eigenvalue weighted by atomic mass is 16.3. The molecule has 0 unspecified atom stereocenters. The van der Waals surface area contributed by atoms with Crippen molar-refractivity contribution in [3.05, 3.63) is 134 Å². The maximum absolute atomic E-state index is 6.45. The van der Waals surface area contributed by atoms with Crippen LogP contribution in [0.2, 0.25) is 0 Å². The van der Waals surface area contributed by atoms with E-state index in [1.807, 2.05) is 12.1 Å². The molecule has 1 aliphatic rings. The van der Waals surface area contributed by atoms with Gasteiger partial charge in [0, 0.05) is 34.3 Å². The van der Waals surface area contributed by atoms with E-state index in [9.17, 15) is 0 Å². The van der Waals surface area contributed by atoms with Gasteiger partial charge in [-0.3, -0.25) is 9.97 Å². The molecule has 0 amide bonds. The normalized spacial score (nSPS) is 11.9. The van der Waals surface area contributed by atoms with Crippen LogP contribution in [-0.4, -0.2) is 9.97 Å². The Balaban J connectivity index is 1.42. The molecule has 0 saturated carbocycles. The van der Waals surface area contributed by atoms with Gasteiger partial charge >= 0.3 is 0 Å². The summed E-state index contributed by atoms with van der Waals surface area (Å²) in [6.45, 7) is 0. The Bertz CT molecular complexity index is 2330. The van der Waals surface area contributed by atoms with Gasteiger partial charge in [0.25, 0.3) is 0 Å². The molecule has 0 fully saturated rings. The minimum Gasteiger partial charge on any atom is -0.455 e. The molecule has 2 aromatic heterocycles. The summed E-state index contributed by atoms with van der Waals surface area (Å²) in [4.78, 5) is 9.58. The summed E-state index contributed by atoms with van der Waals surface area (Å²) < 4.78 is 6.45. The first kappa shape index (κ1) is 22.3. The molecular weight excluding hydrogens is 500 g/mol. The number of fused-ring (bicyclic) bond motifs is 13. The maximum atomic E-state index is 6.45. The summed E-state index contributed by atoms with van der Waals surface area (Å²) in [6.07, 6.45) is 3.56. The van der Waals surface area contributed by atoms with E-state index in [0.29, 0.717) is 0 Å². The molecule has 0 radical (unpaired) electrons. The minimum atomic E-state index is 0.883. The van der Waals surface area contributed by atoms with Crippen molar-refractivity contribution in [3.8, 4) is 55.6 Å². The molecule has 1 aliphatic carbocycles. The zero-order valence-corrected chi connectivity index (χ0v) is 22.0. The zero-order valence-electron chi connectivity index (χ0n) is 22.0. The summed E-state index contributed by atoms with van der Waals surface area (Å²) in [5.41, 5.74) is 15.2. The van der Waals surface area contributed by atoms with Crippen LogP contribution >= 0.6 is 0 Å². The van der Waals surface area contributed by atoms with Crippen LogP contribution < -0.4 is 0 Å². The lowest BCUT2D eigenvalue weighted by atomic mass is 9.79. The van der Waals surface area contributed by atoms with Crippen LogP contribution in [0.1, 0.15) is 0 Å². The van der Waals surface area contributed by atoms with Gasteiger partial charge in [-0.05, 0) is 62.7 Å². The third kappa shape index (κ3) is 3.20. The minimum absolute atomic E-state index is 0.883. The molecule has 2 heterocycles. The van der Waals surface area contributed by atoms with Crippen LogP contribution in [0.25, 0.3) is 88.6 Å². The Morgan fingerprint density at radius 1 is 0.439 bits per heavy atom. The van der Waals surface area contributed by atoms with Gasteiger partial charge in [0.2, 0.25) is 0 Å². The van der Waals surface area contributed by atoms with Gasteiger partial charge in [-0.25, -0.2) is 0 Å². The monoisotopic (exact) mass is 522 g/mol. The number of furan rings is 1. The number of rotatable bonds is 1. The van der Waals surface area contributed by atoms with E-state index in [-0.39, 0.29) is 0 Å². The van der Waals surface area contributed by atoms with Crippen molar-refractivity contribution < 1.29 is 4.42 Å². The van der Waals surface area contributed by atoms with Crippen LogP contribution in [0.15, 0.2) is 138 Å². The van der Waals surface area contributed by atoms with Gasteiger partial charge in [-0.2, -0.15) is 0 Å². The highest BCUT2D eigenvalue weighted by molar-refractivity contribution is 6.12. The van der Waals surface area contributed by atoms with Crippen LogP contribution in [0, 0.1) is 0 Å². The highest BCUT2D eigenvalue weighted by Crippen LogP contribution is 2.50. The second-order valence-electron chi connectivity index (χ2n) is 10.5. The second-order valence-corrected chi connectivity index (χ2v) is 10.5. The van der Waals surface area contributed by atoms with Gasteiger partial charge in [0.1, 0.15) is 11.2 Å². The quantitative estimate of drug-likeness (QED) is 0.215. The third-order valence-electron chi connectivity index (χ3n) is 8.37. The smallest absolute Gasteiger partial charge is 0.143 e. The van der Waals surface area contributed by atoms with E-state index in [1.54, 1.807) is 12.4 Å². The van der Waals surface area contributed by atoms with E-state index in [2.05, 4.69) is 114 Å². The fourth-order valence-electron chi connectivity index (χ4n) is 6.57. The number of para-hydroxylation sites is 2. The standard InChI is InChI=1S/C38H22N2O/c1-2-10-27-25(8-1)26-9-3-4-11-28(26)31-18-19-34-37(40-21-20-39-34)36(31)33-22-23(16-17-29(27)33)24-13-7-14-32-30-12-5-6-15-35(30)41-38(24)32/h1-22H. The lowest BCUT2D eigenvalue weighted by Gasteiger charge is -2.24. The molecule has 6 aromatic carbocycles. The van der Waals surface area contributed by atoms with Gasteiger partial charge in [0.15, 0.2) is 0 Å². The molecule has 3 nitrogen and oxygen atoms in total. The summed E-state index contributed by atoms with van der Waals surface area (Å²) in [6, 6.07) is 43.1. The largest absolute Gasteiger partial charge is 0.455 e. The average Bonchev–Trinajstić information content (AvgIpc) is 3.42. The number of aromatic nitrogens is 2. The molecule has 3 heteroatoms. The van der Waals surface area contributed by atoms with E-state index < -0.39 is 0 Å². The summed E-state index contributed by atoms with van der Waals surface area (Å²) in [7, 11) is 0. The number of nitrogens with zero attached hydrogens (tertiary/aromatic N) is 2. The predicted octanol–water partition coefficient (Wildman–Crippen LogP) is 10.2. The second kappa shape index (κ2) is 8.48. The fourth-order valence-corrected chi connectivity index (χ4v) is 6.57. The van der Waals surface area contributed by atoms with Gasteiger partial charge in [-0.1, -0.05) is 103 Å². The Labute approximate surface area is 236 Å². The third-order valence-corrected chi connectivity index (χ3v) is 8.37. The van der Waals surface area contributed by atoms with Crippen LogP contribution in [0.5, 0.6) is 0 Å². The Kier molecular flexibility index (Phi) is 4.61. The Morgan fingerprint density at radius 2 is 1.05 bits per heavy atom. The molecule has 0 aliphatic heterocycles. The molecule has 0 bridgehead atoms. The van der Waals surface area contributed by atoms with Crippen molar-refractivity contribution in [2.24, 2.45) is 0 Å².